The monoisotopic (exact) mass is 317 g/mol. The van der Waals surface area contributed by atoms with E-state index in [2.05, 4.69) is 25.9 Å². The number of phenols is 2. The fourth-order valence-corrected chi connectivity index (χ4v) is 2.62. The van der Waals surface area contributed by atoms with Crippen LogP contribution in [-0.4, -0.2) is 42.5 Å². The summed E-state index contributed by atoms with van der Waals surface area (Å²) >= 11 is 1.34. The van der Waals surface area contributed by atoms with Crippen molar-refractivity contribution in [1.82, 2.24) is 20.6 Å². The Morgan fingerprint density at radius 2 is 1.95 bits per heavy atom. The molecule has 1 heterocycles. The number of thioether (sulfide) groups is 1. The molecule has 0 spiro atoms. The Balaban J connectivity index is 1.68. The molecule has 0 bridgehead atoms. The van der Waals surface area contributed by atoms with Crippen LogP contribution in [-0.2, 0) is 4.79 Å². The van der Waals surface area contributed by atoms with Crippen LogP contribution in [0.15, 0.2) is 35.2 Å². The minimum absolute atomic E-state index is 0.159. The highest BCUT2D eigenvalue weighted by atomic mass is 32.2. The average molecular weight is 317 g/mol. The summed E-state index contributed by atoms with van der Waals surface area (Å²) in [4.78, 5) is 12.6. The van der Waals surface area contributed by atoms with Gasteiger partial charge in [0.25, 0.3) is 0 Å². The number of aromatic amines is 1. The van der Waals surface area contributed by atoms with E-state index >= 15 is 0 Å². The van der Waals surface area contributed by atoms with Crippen molar-refractivity contribution in [3.8, 4) is 11.5 Å². The van der Waals surface area contributed by atoms with Crippen molar-refractivity contribution in [1.29, 1.82) is 0 Å². The average Bonchev–Trinajstić information content (AvgIpc) is 2.99. The first-order valence-corrected chi connectivity index (χ1v) is 7.22. The number of fused-ring (bicyclic) bond motifs is 1. The second-order valence-corrected chi connectivity index (χ2v) is 5.49. The number of hydrogen-bond donors (Lipinski definition) is 4. The number of nitrogens with one attached hydrogen (secondary N) is 2. The number of aromatic nitrogens is 4. The Morgan fingerprint density at radius 3 is 2.68 bits per heavy atom. The summed E-state index contributed by atoms with van der Waals surface area (Å²) in [6.45, 7) is 0. The van der Waals surface area contributed by atoms with E-state index in [4.69, 9.17) is 0 Å². The second kappa shape index (κ2) is 5.90. The van der Waals surface area contributed by atoms with Crippen LogP contribution in [0.2, 0.25) is 0 Å². The van der Waals surface area contributed by atoms with Gasteiger partial charge in [0, 0.05) is 4.90 Å². The Bertz CT molecular complexity index is 822. The van der Waals surface area contributed by atoms with Gasteiger partial charge in [0.15, 0.2) is 11.5 Å². The fourth-order valence-electron chi connectivity index (χ4n) is 1.87. The molecule has 112 valence electrons. The first kappa shape index (κ1) is 14.1. The highest BCUT2D eigenvalue weighted by molar-refractivity contribution is 8.00. The van der Waals surface area contributed by atoms with Crippen LogP contribution < -0.4 is 5.32 Å². The van der Waals surface area contributed by atoms with Gasteiger partial charge in [0.2, 0.25) is 11.9 Å². The minimum Gasteiger partial charge on any atom is -0.504 e. The molecule has 8 nitrogen and oxygen atoms in total. The summed E-state index contributed by atoms with van der Waals surface area (Å²) in [5.74, 6) is -0.184. The molecule has 0 aliphatic carbocycles. The number of carbonyl (C=O) groups is 1. The molecule has 0 radical (unpaired) electrons. The van der Waals surface area contributed by atoms with Crippen LogP contribution in [0.3, 0.4) is 0 Å². The lowest BCUT2D eigenvalue weighted by Gasteiger charge is -2.05. The molecule has 1 aromatic heterocycles. The summed E-state index contributed by atoms with van der Waals surface area (Å²) in [6.07, 6.45) is 0. The zero-order valence-corrected chi connectivity index (χ0v) is 12.0. The largest absolute Gasteiger partial charge is 0.504 e. The highest BCUT2D eigenvalue weighted by Crippen LogP contribution is 2.32. The van der Waals surface area contributed by atoms with Gasteiger partial charge < -0.3 is 10.2 Å². The summed E-state index contributed by atoms with van der Waals surface area (Å²) in [6, 6.07) is 8.46. The predicted molar refractivity (Wildman–Crippen MR) is 80.8 cm³/mol. The molecular formula is C13H11N5O3S. The third kappa shape index (κ3) is 3.09. The van der Waals surface area contributed by atoms with E-state index in [0.29, 0.717) is 0 Å². The van der Waals surface area contributed by atoms with E-state index in [1.807, 2.05) is 18.2 Å². The number of carbonyl (C=O) groups excluding carboxylic acids is 1. The molecule has 4 N–H and O–H groups in total. The maximum atomic E-state index is 11.7. The lowest BCUT2D eigenvalue weighted by Crippen LogP contribution is -2.15. The van der Waals surface area contributed by atoms with Crippen molar-refractivity contribution >= 4 is 34.4 Å². The van der Waals surface area contributed by atoms with Crippen molar-refractivity contribution < 1.29 is 15.0 Å². The van der Waals surface area contributed by atoms with Gasteiger partial charge in [0.05, 0.1) is 5.75 Å². The zero-order valence-electron chi connectivity index (χ0n) is 11.1. The molecule has 0 aliphatic heterocycles. The molecule has 0 atom stereocenters. The molecule has 1 amide bonds. The van der Waals surface area contributed by atoms with Crippen LogP contribution >= 0.6 is 11.8 Å². The number of hydrogen-bond acceptors (Lipinski definition) is 7. The highest BCUT2D eigenvalue weighted by Gasteiger charge is 2.07. The van der Waals surface area contributed by atoms with E-state index in [9.17, 15) is 15.0 Å². The van der Waals surface area contributed by atoms with Gasteiger partial charge in [-0.05, 0) is 45.5 Å². The quantitative estimate of drug-likeness (QED) is 0.424. The van der Waals surface area contributed by atoms with Gasteiger partial charge in [-0.1, -0.05) is 11.2 Å². The van der Waals surface area contributed by atoms with Crippen molar-refractivity contribution in [3.63, 3.8) is 0 Å². The van der Waals surface area contributed by atoms with Gasteiger partial charge in [-0.15, -0.1) is 11.8 Å². The van der Waals surface area contributed by atoms with Crippen molar-refractivity contribution in [2.24, 2.45) is 0 Å². The van der Waals surface area contributed by atoms with Crippen molar-refractivity contribution in [2.75, 3.05) is 11.1 Å². The van der Waals surface area contributed by atoms with Crippen molar-refractivity contribution in [2.45, 2.75) is 4.90 Å². The molecule has 0 fully saturated rings. The van der Waals surface area contributed by atoms with E-state index < -0.39 is 0 Å². The molecule has 0 unspecified atom stereocenters. The van der Waals surface area contributed by atoms with Crippen LogP contribution in [0.5, 0.6) is 11.5 Å². The molecule has 0 saturated carbocycles. The van der Waals surface area contributed by atoms with Crippen LogP contribution in [0, 0.1) is 0 Å². The molecule has 0 aliphatic rings. The van der Waals surface area contributed by atoms with Crippen LogP contribution in [0.1, 0.15) is 0 Å². The number of H-pyrrole nitrogens is 1. The maximum Gasteiger partial charge on any atom is 0.246 e. The Labute approximate surface area is 128 Å². The number of rotatable bonds is 4. The van der Waals surface area contributed by atoms with E-state index in [1.165, 1.54) is 23.9 Å². The third-order valence-electron chi connectivity index (χ3n) is 2.88. The number of aromatic hydroxyl groups is 2. The van der Waals surface area contributed by atoms with Gasteiger partial charge >= 0.3 is 0 Å². The first-order valence-electron chi connectivity index (χ1n) is 6.24. The zero-order chi connectivity index (χ0) is 15.5. The van der Waals surface area contributed by atoms with E-state index in [0.717, 1.165) is 15.7 Å². The van der Waals surface area contributed by atoms with Gasteiger partial charge in [-0.25, -0.2) is 5.10 Å². The maximum absolute atomic E-state index is 11.7. The molecule has 3 rings (SSSR count). The standard InChI is InChI=1S/C13H11N5O3S/c19-10-4-7-1-2-9(3-8(7)5-11(10)20)22-6-12(21)14-13-15-17-18-16-13/h1-5,19-20H,6H2,(H2,14,15,16,17,18,21). The van der Waals surface area contributed by atoms with E-state index in [-0.39, 0.29) is 29.1 Å². The van der Waals surface area contributed by atoms with Crippen LogP contribution in [0.4, 0.5) is 5.95 Å². The molecule has 22 heavy (non-hydrogen) atoms. The molecule has 0 saturated heterocycles. The summed E-state index contributed by atoms with van der Waals surface area (Å²) in [5, 5.41) is 35.8. The predicted octanol–water partition coefficient (Wildman–Crippen LogP) is 1.49. The Kier molecular flexibility index (Phi) is 3.79. The molecule has 3 aromatic rings. The number of benzene rings is 2. The molecule has 2 aromatic carbocycles. The third-order valence-corrected chi connectivity index (χ3v) is 3.87. The summed E-state index contributed by atoms with van der Waals surface area (Å²) in [5.41, 5.74) is 0. The van der Waals surface area contributed by atoms with Crippen LogP contribution in [0.25, 0.3) is 10.8 Å². The summed E-state index contributed by atoms with van der Waals surface area (Å²) < 4.78 is 0. The second-order valence-electron chi connectivity index (χ2n) is 4.44. The van der Waals surface area contributed by atoms with Crippen molar-refractivity contribution in [3.05, 3.63) is 30.3 Å². The fraction of sp³-hybridized carbons (Fsp3) is 0.0769. The molecular weight excluding hydrogens is 306 g/mol. The topological polar surface area (TPSA) is 124 Å². The number of phenolic OH excluding ortho intramolecular Hbond substituents is 2. The van der Waals surface area contributed by atoms with Gasteiger partial charge in [-0.3, -0.25) is 10.1 Å². The summed E-state index contributed by atoms with van der Waals surface area (Å²) in [7, 11) is 0. The Morgan fingerprint density at radius 1 is 1.18 bits per heavy atom. The minimum atomic E-state index is -0.239. The first-order chi connectivity index (χ1) is 10.6. The van der Waals surface area contributed by atoms with Gasteiger partial charge in [0.1, 0.15) is 0 Å². The lowest BCUT2D eigenvalue weighted by atomic mass is 10.1. The molecule has 9 heteroatoms. The Hall–Kier alpha value is -2.81. The van der Waals surface area contributed by atoms with Gasteiger partial charge in [-0.2, -0.15) is 0 Å². The lowest BCUT2D eigenvalue weighted by molar-refractivity contribution is -0.113. The number of anilines is 1. The van der Waals surface area contributed by atoms with E-state index in [1.54, 1.807) is 0 Å². The normalized spacial score (nSPS) is 10.7. The smallest absolute Gasteiger partial charge is 0.246 e. The number of nitrogens with zero attached hydrogens (tertiary/aromatic N) is 3. The number of tetrazole rings is 1. The number of amides is 1. The SMILES string of the molecule is O=C(CSc1ccc2cc(O)c(O)cc2c1)Nc1nnn[nH]1.